The van der Waals surface area contributed by atoms with Gasteiger partial charge in [-0.2, -0.15) is 83.1 Å². The fourth-order valence-corrected chi connectivity index (χ4v) is 10.8. The van der Waals surface area contributed by atoms with E-state index in [0.717, 1.165) is 17.8 Å². The number of hydrogen-bond acceptors (Lipinski definition) is 4. The van der Waals surface area contributed by atoms with Gasteiger partial charge in [-0.1, -0.05) is 34.6 Å². The average Bonchev–Trinajstić information content (AvgIpc) is 3.39. The lowest BCUT2D eigenvalue weighted by atomic mass is 9.91. The molecule has 264 valence electrons. The van der Waals surface area contributed by atoms with Crippen LogP contribution in [0.15, 0.2) is 46.2 Å². The molecule has 3 nitrogen and oxygen atoms in total. The van der Waals surface area contributed by atoms with Crippen molar-refractivity contribution in [3.8, 4) is 0 Å². The van der Waals surface area contributed by atoms with E-state index in [4.69, 9.17) is 0 Å². The first kappa shape index (κ1) is 38.6. The Balaban J connectivity index is 2.16. The third kappa shape index (κ3) is 5.19. The number of hydrogen-bond donors (Lipinski definition) is 0. The van der Waals surface area contributed by atoms with Gasteiger partial charge in [-0.25, -0.2) is 3.63 Å². The Hall–Kier alpha value is -1.88. The average molecular weight is 761 g/mol. The second kappa shape index (κ2) is 11.3. The molecule has 23 heteroatoms. The third-order valence-corrected chi connectivity index (χ3v) is 13.4. The van der Waals surface area contributed by atoms with Gasteiger partial charge < -0.3 is 0 Å². The molecule has 0 aromatic heterocycles. The zero-order valence-corrected chi connectivity index (χ0v) is 24.6. The summed E-state index contributed by atoms with van der Waals surface area (Å²) in [5, 5.41) is -7.31. The molecule has 46 heavy (non-hydrogen) atoms. The maximum absolute atomic E-state index is 14.9. The van der Waals surface area contributed by atoms with Crippen molar-refractivity contribution in [3.63, 3.8) is 0 Å². The molecule has 0 saturated carbocycles. The van der Waals surface area contributed by atoms with Crippen LogP contribution in [0.1, 0.15) is 12.8 Å². The van der Waals surface area contributed by atoms with E-state index in [1.807, 2.05) is 0 Å². The van der Waals surface area contributed by atoms with Gasteiger partial charge in [0.25, 0.3) is 0 Å². The number of rotatable bonds is 11. The summed E-state index contributed by atoms with van der Waals surface area (Å²) in [6, 6.07) is 8.01. The van der Waals surface area contributed by atoms with E-state index in [2.05, 4.69) is 3.63 Å². The predicted octanol–water partition coefficient (Wildman–Crippen LogP) is 9.75. The second-order valence-electron chi connectivity index (χ2n) is 9.72. The van der Waals surface area contributed by atoms with Crippen molar-refractivity contribution in [2.24, 2.45) is 0 Å². The standard InChI is InChI=1S/C23H17F17O3S3/c1-44-14-8-9-15(13-7-3-2-6-12(13)14)45(10-4-5-11-45)43-46(41,42)23(39,40)21(34,35)19(30,31)17(26,27)16(24,25)18(28,29)20(32,33)22(36,37)38/h2-3,6-9H,4-5,10-11H2,1H3. The Labute approximate surface area is 253 Å². The molecule has 1 aliphatic rings. The Morgan fingerprint density at radius 1 is 0.609 bits per heavy atom. The Bertz CT molecular complexity index is 1570. The molecular weight excluding hydrogens is 743 g/mol. The normalized spacial score (nSPS) is 18.7. The summed E-state index contributed by atoms with van der Waals surface area (Å²) >= 11 is 1.13. The summed E-state index contributed by atoms with van der Waals surface area (Å²) in [5.41, 5.74) is 0. The van der Waals surface area contributed by atoms with E-state index in [1.54, 1.807) is 6.26 Å². The molecule has 0 spiro atoms. The summed E-state index contributed by atoms with van der Waals surface area (Å²) in [7, 11) is -11.5. The molecule has 1 heterocycles. The van der Waals surface area contributed by atoms with Crippen LogP contribution >= 0.6 is 22.1 Å². The quantitative estimate of drug-likeness (QED) is 0.169. The first-order chi connectivity index (χ1) is 20.5. The van der Waals surface area contributed by atoms with Crippen molar-refractivity contribution >= 4 is 43.0 Å². The molecule has 0 bridgehead atoms. The van der Waals surface area contributed by atoms with Crippen LogP contribution in [-0.2, 0) is 13.7 Å². The molecule has 0 amide bonds. The lowest BCUT2D eigenvalue weighted by Gasteiger charge is -2.43. The molecule has 2 aromatic rings. The zero-order chi connectivity index (χ0) is 35.8. The van der Waals surface area contributed by atoms with Crippen LogP contribution in [0.3, 0.4) is 0 Å². The number of thioether (sulfide) groups is 1. The summed E-state index contributed by atoms with van der Waals surface area (Å²) in [4.78, 5) is 0.265. The summed E-state index contributed by atoms with van der Waals surface area (Å²) in [6.45, 7) is 0. The molecular formula is C23H17F17O3S3. The van der Waals surface area contributed by atoms with Crippen molar-refractivity contribution in [1.29, 1.82) is 0 Å². The van der Waals surface area contributed by atoms with Gasteiger partial charge in [0.2, 0.25) is 0 Å². The molecule has 0 radical (unpaired) electrons. The van der Waals surface area contributed by atoms with Crippen LogP contribution in [0.5, 0.6) is 0 Å². The maximum atomic E-state index is 14.9. The topological polar surface area (TPSA) is 43.4 Å². The van der Waals surface area contributed by atoms with Gasteiger partial charge in [0, 0.05) is 21.3 Å². The molecule has 2 aromatic carbocycles. The van der Waals surface area contributed by atoms with E-state index in [9.17, 15) is 83.1 Å². The summed E-state index contributed by atoms with van der Waals surface area (Å²) in [6.07, 6.45) is -6.43. The van der Waals surface area contributed by atoms with Gasteiger partial charge in [-0.3, -0.25) is 0 Å². The van der Waals surface area contributed by atoms with Crippen molar-refractivity contribution in [2.75, 3.05) is 17.8 Å². The van der Waals surface area contributed by atoms with Crippen molar-refractivity contribution in [1.82, 2.24) is 0 Å². The van der Waals surface area contributed by atoms with Crippen molar-refractivity contribution in [3.05, 3.63) is 36.4 Å². The van der Waals surface area contributed by atoms with Crippen LogP contribution < -0.4 is 0 Å². The lowest BCUT2D eigenvalue weighted by molar-refractivity contribution is -0.458. The van der Waals surface area contributed by atoms with Gasteiger partial charge in [0.15, 0.2) is 0 Å². The largest absolute Gasteiger partial charge is 0.460 e. The van der Waals surface area contributed by atoms with Crippen LogP contribution in [0.2, 0.25) is 0 Å². The van der Waals surface area contributed by atoms with Crippen LogP contribution in [0, 0.1) is 0 Å². The molecule has 3 rings (SSSR count). The van der Waals surface area contributed by atoms with Gasteiger partial charge in [0.1, 0.15) is 0 Å². The first-order valence-corrected chi connectivity index (χ1v) is 16.5. The Morgan fingerprint density at radius 2 is 1.02 bits per heavy atom. The van der Waals surface area contributed by atoms with Crippen molar-refractivity contribution < 1.29 is 86.7 Å². The van der Waals surface area contributed by atoms with Gasteiger partial charge in [-0.15, -0.1) is 11.8 Å². The van der Waals surface area contributed by atoms with E-state index in [1.165, 1.54) is 30.3 Å². The van der Waals surface area contributed by atoms with E-state index in [0.29, 0.717) is 10.3 Å². The molecule has 1 fully saturated rings. The summed E-state index contributed by atoms with van der Waals surface area (Å²) in [5.74, 6) is -53.1. The number of halogens is 17. The first-order valence-electron chi connectivity index (χ1n) is 12.0. The van der Waals surface area contributed by atoms with Crippen LogP contribution in [0.25, 0.3) is 10.8 Å². The minimum absolute atomic E-state index is 0.0611. The molecule has 0 N–H and O–H groups in total. The highest BCUT2D eigenvalue weighted by Crippen LogP contribution is 2.68. The molecule has 0 atom stereocenters. The van der Waals surface area contributed by atoms with Gasteiger partial charge >= 0.3 is 57.1 Å². The fraction of sp³-hybridized carbons (Fsp3) is 0.565. The lowest BCUT2D eigenvalue weighted by Crippen LogP contribution is -2.75. The zero-order valence-electron chi connectivity index (χ0n) is 22.2. The third-order valence-electron chi connectivity index (χ3n) is 6.89. The highest BCUT2D eigenvalue weighted by atomic mass is 32.3. The highest BCUT2D eigenvalue weighted by Gasteiger charge is 2.96. The van der Waals surface area contributed by atoms with Gasteiger partial charge in [0.05, 0.1) is 0 Å². The highest BCUT2D eigenvalue weighted by molar-refractivity contribution is 8.33. The number of benzene rings is 2. The smallest absolute Gasteiger partial charge is 0.211 e. The minimum Gasteiger partial charge on any atom is -0.211 e. The SMILES string of the molecule is CSc1ccc(S2(OS(=O)(=O)C(F)(F)C(F)(F)C(F)(F)C(F)(F)C(F)(F)C(F)(F)C(F)(F)C(F)(F)F)CCCC2)c2ccccc12. The maximum Gasteiger partial charge on any atom is 0.460 e. The monoisotopic (exact) mass is 760 g/mol. The molecule has 1 aliphatic heterocycles. The predicted molar refractivity (Wildman–Crippen MR) is 131 cm³/mol. The molecule has 0 aliphatic carbocycles. The van der Waals surface area contributed by atoms with Crippen LogP contribution in [0.4, 0.5) is 74.6 Å². The minimum atomic E-state index is -8.90. The van der Waals surface area contributed by atoms with Crippen molar-refractivity contribution in [2.45, 2.75) is 69.6 Å². The molecule has 1 saturated heterocycles. The number of fused-ring (bicyclic) bond motifs is 1. The number of alkyl halides is 17. The second-order valence-corrected chi connectivity index (χ2v) is 15.4. The fourth-order valence-electron chi connectivity index (χ4n) is 4.36. The Morgan fingerprint density at radius 3 is 1.46 bits per heavy atom. The molecule has 0 unspecified atom stereocenters. The van der Waals surface area contributed by atoms with E-state index >= 15 is 0 Å². The van der Waals surface area contributed by atoms with Crippen LogP contribution in [-0.4, -0.2) is 73.1 Å². The Kier molecular flexibility index (Phi) is 9.51. The van der Waals surface area contributed by atoms with E-state index in [-0.39, 0.29) is 23.1 Å². The van der Waals surface area contributed by atoms with Gasteiger partial charge in [-0.05, 0) is 42.0 Å². The summed E-state index contributed by atoms with van der Waals surface area (Å²) < 4.78 is 263. The van der Waals surface area contributed by atoms with E-state index < -0.39 is 78.9 Å².